The summed E-state index contributed by atoms with van der Waals surface area (Å²) in [7, 11) is 0. The van der Waals surface area contributed by atoms with Crippen molar-refractivity contribution in [2.24, 2.45) is 0 Å². The van der Waals surface area contributed by atoms with Crippen molar-refractivity contribution in [3.63, 3.8) is 0 Å². The van der Waals surface area contributed by atoms with Gasteiger partial charge < -0.3 is 28.1 Å². The molecule has 2 aliphatic heterocycles. The van der Waals surface area contributed by atoms with Crippen LogP contribution in [0.4, 0.5) is 34.1 Å². The van der Waals surface area contributed by atoms with Crippen molar-refractivity contribution in [2.45, 2.75) is 248 Å². The Morgan fingerprint density at radius 1 is 0.167 bits per heavy atom. The third kappa shape index (κ3) is 15.9. The molecule has 0 spiro atoms. The Labute approximate surface area is 886 Å². The zero-order chi connectivity index (χ0) is 105. The van der Waals surface area contributed by atoms with Crippen LogP contribution in [0.2, 0.25) is 0 Å². The van der Waals surface area contributed by atoms with Gasteiger partial charge in [0.1, 0.15) is 11.0 Å². The lowest BCUT2D eigenvalue weighted by Gasteiger charge is -2.44. The number of nitrogens with zero attached hydrogens (tertiary/aromatic N) is 8. The van der Waals surface area contributed by atoms with Crippen molar-refractivity contribution >= 4 is 132 Å². The molecular weight excluding hydrogens is 1820 g/mol. The van der Waals surface area contributed by atoms with Crippen molar-refractivity contribution in [1.29, 1.82) is 0 Å². The lowest BCUT2D eigenvalue weighted by molar-refractivity contribution is 0.590. The molecule has 0 aliphatic carbocycles. The zero-order valence-electron chi connectivity index (χ0n) is 92.9. The third-order valence-electron chi connectivity index (χ3n) is 33.5. The maximum absolute atomic E-state index is 5.60. The Morgan fingerprint density at radius 3 is 0.480 bits per heavy atom. The summed E-state index contributed by atoms with van der Waals surface area (Å²) >= 11 is 0. The molecule has 24 rings (SSSR count). The Morgan fingerprint density at radius 2 is 0.320 bits per heavy atom. The highest BCUT2D eigenvalue weighted by Gasteiger charge is 2.43. The molecule has 748 valence electrons. The molecule has 0 amide bonds. The maximum Gasteiger partial charge on any atom is 0.115 e. The van der Waals surface area contributed by atoms with Gasteiger partial charge >= 0.3 is 0 Å². The number of hydrogen-bond acceptors (Lipinski definition) is 4. The predicted molar refractivity (Wildman–Crippen MR) is 642 cm³/mol. The molecule has 2 aliphatic rings. The number of aromatic nitrogens is 6. The van der Waals surface area contributed by atoms with Crippen LogP contribution < -0.4 is 9.80 Å². The standard InChI is InChI=1S/C142H140N8/c1-133(2,3)93-41-61-117-105(77-93)106-78-94(134(4,5)6)42-62-118(106)145(117)101-49-29-85(30-50-101)89-37-57-125-113(73-89)141(25,26)114-74-90(86-31-51-102(52-32-86)146-119-63-43-95(135(7,8)9)79-107(119)108-80-96(136(10,11)12)44-64-120(108)146)38-58-126(114)149(125)129-69-70-130(132-131(129)143-71-72-144-132)150-127-59-39-91(87-33-53-103(54-34-87)147-121-65-45-97(137(13,14)15)81-109(121)110-82-98(138(16,17)18)46-66-122(110)147)75-115(127)142(27,28)116-76-92(40-60-128(116)150)88-35-55-104(56-36-88)148-123-67-47-99(139(19,20)21)83-111(123)112-84-100(140(22,23)24)48-68-124(112)148/h29-84H,1-28H3. The fourth-order valence-electron chi connectivity index (χ4n) is 24.3. The van der Waals surface area contributed by atoms with Crippen LogP contribution in [0.3, 0.4) is 0 Å². The molecule has 0 N–H and O–H groups in total. The lowest BCUT2D eigenvalue weighted by Crippen LogP contribution is -2.31. The van der Waals surface area contributed by atoms with E-state index in [0.29, 0.717) is 0 Å². The first-order chi connectivity index (χ1) is 70.9. The predicted octanol–water partition coefficient (Wildman–Crippen LogP) is 39.3. The summed E-state index contributed by atoms with van der Waals surface area (Å²) in [5.41, 5.74) is 45.4. The highest BCUT2D eigenvalue weighted by atomic mass is 15.2. The van der Waals surface area contributed by atoms with Gasteiger partial charge in [-0.3, -0.25) is 9.97 Å². The highest BCUT2D eigenvalue weighted by molar-refractivity contribution is 6.15. The van der Waals surface area contributed by atoms with E-state index in [-0.39, 0.29) is 43.3 Å². The second kappa shape index (κ2) is 33.7. The topological polar surface area (TPSA) is 52.0 Å². The van der Waals surface area contributed by atoms with Crippen LogP contribution in [-0.4, -0.2) is 28.2 Å². The van der Waals surface area contributed by atoms with E-state index in [0.717, 1.165) is 112 Å². The largest absolute Gasteiger partial charge is 0.309 e. The van der Waals surface area contributed by atoms with Gasteiger partial charge in [-0.15, -0.1) is 0 Å². The van der Waals surface area contributed by atoms with E-state index in [1.165, 1.54) is 154 Å². The fourth-order valence-corrected chi connectivity index (χ4v) is 24.3. The van der Waals surface area contributed by atoms with E-state index >= 15 is 0 Å². The first-order valence-corrected chi connectivity index (χ1v) is 54.1. The molecule has 0 atom stereocenters. The Hall–Kier alpha value is -15.1. The number of anilines is 6. The summed E-state index contributed by atoms with van der Waals surface area (Å²) < 4.78 is 9.89. The minimum atomic E-state index is -0.522. The smallest absolute Gasteiger partial charge is 0.115 e. The lowest BCUT2D eigenvalue weighted by atomic mass is 9.72. The van der Waals surface area contributed by atoms with Gasteiger partial charge in [0.2, 0.25) is 0 Å². The number of hydrogen-bond donors (Lipinski definition) is 0. The summed E-state index contributed by atoms with van der Waals surface area (Å²) in [4.78, 5) is 16.2. The molecule has 17 aromatic carbocycles. The molecule has 22 aromatic rings. The SMILES string of the molecule is CC(C)(C)c1ccc2c(c1)c1cc(C(C)(C)C)ccc1n2-c1ccc(-c2ccc3c(c2)C(C)(C)c2cc(-c4ccc(-n5c6ccc(C(C)(C)C)cc6c6cc(C(C)(C)C)ccc65)cc4)ccc2N3c2ccc(N3c4ccc(-c5ccc(-n6c7ccc(C(C)(C)C)cc7c7cc(C(C)(C)C)ccc76)cc5)cc4C(C)(C)c4cc(-c5ccc(-n6c7ccc(C(C)(C)C)cc7c7cc(C(C)(C)C)ccc76)cc5)ccc43)c3nccnc23)cc1. The van der Waals surface area contributed by atoms with Crippen LogP contribution in [0.15, 0.2) is 340 Å². The normalized spacial score (nSPS) is 14.2. The second-order valence-electron chi connectivity index (χ2n) is 52.6. The summed E-state index contributed by atoms with van der Waals surface area (Å²) in [5, 5.41) is 10.2. The summed E-state index contributed by atoms with van der Waals surface area (Å²) in [6.45, 7) is 65.3. The molecule has 7 heterocycles. The van der Waals surface area contributed by atoms with Gasteiger partial charge in [0.05, 0.1) is 78.3 Å². The first-order valence-electron chi connectivity index (χ1n) is 54.1. The monoisotopic (exact) mass is 1960 g/mol. The number of rotatable bonds is 10. The van der Waals surface area contributed by atoms with E-state index < -0.39 is 10.8 Å². The third-order valence-corrected chi connectivity index (χ3v) is 33.5. The number of benzene rings is 17. The van der Waals surface area contributed by atoms with Crippen LogP contribution in [0.5, 0.6) is 0 Å². The second-order valence-corrected chi connectivity index (χ2v) is 52.6. The first kappa shape index (κ1) is 97.0. The van der Waals surface area contributed by atoms with Gasteiger partial charge in [0.25, 0.3) is 0 Å². The molecule has 0 fully saturated rings. The summed E-state index contributed by atoms with van der Waals surface area (Å²) in [6.07, 6.45) is 3.77. The molecule has 0 saturated carbocycles. The highest BCUT2D eigenvalue weighted by Crippen LogP contribution is 2.60. The fraction of sp³-hybridized carbons (Fsp3) is 0.268. The summed E-state index contributed by atoms with van der Waals surface area (Å²) in [5.74, 6) is 0. The van der Waals surface area contributed by atoms with Gasteiger partial charge in [0.15, 0.2) is 0 Å². The van der Waals surface area contributed by atoms with Crippen LogP contribution in [0.1, 0.15) is 261 Å². The van der Waals surface area contributed by atoms with Gasteiger partial charge in [-0.1, -0.05) is 315 Å². The van der Waals surface area contributed by atoms with Crippen LogP contribution >= 0.6 is 0 Å². The quantitative estimate of drug-likeness (QED) is 0.137. The molecule has 8 heteroatoms. The van der Waals surface area contributed by atoms with Gasteiger partial charge in [-0.25, -0.2) is 0 Å². The van der Waals surface area contributed by atoms with Gasteiger partial charge in [0, 0.05) is 89.1 Å². The van der Waals surface area contributed by atoms with E-state index in [1.54, 1.807) is 0 Å². The minimum absolute atomic E-state index is 0.0126. The van der Waals surface area contributed by atoms with Crippen LogP contribution in [0, 0.1) is 0 Å². The van der Waals surface area contributed by atoms with Crippen LogP contribution in [-0.2, 0) is 54.1 Å². The molecule has 0 radical (unpaired) electrons. The van der Waals surface area contributed by atoms with Crippen molar-refractivity contribution in [3.8, 4) is 67.3 Å². The van der Waals surface area contributed by atoms with E-state index in [4.69, 9.17) is 9.97 Å². The Balaban J connectivity index is 0.658. The van der Waals surface area contributed by atoms with Crippen LogP contribution in [0.25, 0.3) is 166 Å². The molecular formula is C142H140N8. The van der Waals surface area contributed by atoms with Gasteiger partial charge in [-0.2, -0.15) is 0 Å². The molecule has 8 nitrogen and oxygen atoms in total. The van der Waals surface area contributed by atoms with Gasteiger partial charge in [-0.05, 0) is 361 Å². The molecule has 0 unspecified atom stereocenters. The molecule has 0 bridgehead atoms. The summed E-state index contributed by atoms with van der Waals surface area (Å²) in [6, 6.07) is 128. The van der Waals surface area contributed by atoms with E-state index in [1.807, 2.05) is 12.4 Å². The van der Waals surface area contributed by atoms with Crippen molar-refractivity contribution in [3.05, 3.63) is 407 Å². The van der Waals surface area contributed by atoms with Crippen molar-refractivity contribution < 1.29 is 0 Å². The zero-order valence-corrected chi connectivity index (χ0v) is 92.9. The Bertz CT molecular complexity index is 8020. The number of fused-ring (bicyclic) bond motifs is 17. The maximum atomic E-state index is 5.60. The molecule has 150 heavy (non-hydrogen) atoms. The van der Waals surface area contributed by atoms with E-state index in [2.05, 4.69) is 550 Å². The Kier molecular flexibility index (Phi) is 21.8. The molecule has 0 saturated heterocycles. The minimum Gasteiger partial charge on any atom is -0.309 e. The average Bonchev–Trinajstić information content (AvgIpc) is 1.07. The molecule has 5 aromatic heterocycles. The van der Waals surface area contributed by atoms with E-state index in [9.17, 15) is 0 Å². The van der Waals surface area contributed by atoms with Crippen molar-refractivity contribution in [1.82, 2.24) is 28.2 Å². The van der Waals surface area contributed by atoms with Crippen molar-refractivity contribution in [2.75, 3.05) is 9.80 Å². The average molecular weight is 1960 g/mol.